The van der Waals surface area contributed by atoms with Crippen molar-refractivity contribution in [2.24, 2.45) is 17.8 Å². The molecule has 1 N–H and O–H groups in total. The molecule has 4 rings (SSSR count). The Morgan fingerprint density at radius 2 is 1.38 bits per heavy atom. The summed E-state index contributed by atoms with van der Waals surface area (Å²) in [5.74, 6) is 2.06. The molecule has 0 amide bonds. The fraction of sp³-hybridized carbons (Fsp3) is 1.00. The van der Waals surface area contributed by atoms with Crippen LogP contribution in [0.15, 0.2) is 0 Å². The molecule has 0 spiro atoms. The van der Waals surface area contributed by atoms with Crippen LogP contribution in [0.2, 0.25) is 0 Å². The van der Waals surface area contributed by atoms with Crippen LogP contribution in [-0.2, 0) is 0 Å². The Morgan fingerprint density at radius 1 is 0.938 bits per heavy atom. The number of halogens is 3. The summed E-state index contributed by atoms with van der Waals surface area (Å²) in [6.07, 6.45) is 6.67. The molecule has 16 heavy (non-hydrogen) atoms. The molecule has 0 aromatic heterocycles. The molecule has 0 aromatic rings. The minimum absolute atomic E-state index is 0.0280. The van der Waals surface area contributed by atoms with E-state index in [1.807, 2.05) is 0 Å². The van der Waals surface area contributed by atoms with E-state index in [4.69, 9.17) is 0 Å². The molecular formula is C11H16F3NS. The van der Waals surface area contributed by atoms with Crippen molar-refractivity contribution in [3.63, 3.8) is 0 Å². The summed E-state index contributed by atoms with van der Waals surface area (Å²) >= 11 is -0.0280. The van der Waals surface area contributed by atoms with Crippen LogP contribution in [0.25, 0.3) is 0 Å². The van der Waals surface area contributed by atoms with Gasteiger partial charge in [0.05, 0.1) is 0 Å². The summed E-state index contributed by atoms with van der Waals surface area (Å²) in [5, 5.41) is 0. The zero-order valence-electron chi connectivity index (χ0n) is 9.02. The lowest BCUT2D eigenvalue weighted by Crippen LogP contribution is -2.56. The Labute approximate surface area is 97.7 Å². The van der Waals surface area contributed by atoms with Crippen molar-refractivity contribution in [2.45, 2.75) is 49.6 Å². The van der Waals surface area contributed by atoms with Crippen LogP contribution >= 0.6 is 11.9 Å². The van der Waals surface area contributed by atoms with Crippen molar-refractivity contribution in [1.82, 2.24) is 4.72 Å². The molecule has 4 bridgehead atoms. The lowest BCUT2D eigenvalue weighted by Gasteiger charge is -2.56. The van der Waals surface area contributed by atoms with Crippen LogP contribution in [0.4, 0.5) is 13.2 Å². The number of hydrogen-bond donors (Lipinski definition) is 1. The Bertz CT molecular complexity index is 254. The number of nitrogens with one attached hydrogen (secondary N) is 1. The molecule has 92 valence electrons. The molecule has 4 aliphatic carbocycles. The van der Waals surface area contributed by atoms with Crippen LogP contribution in [0.5, 0.6) is 0 Å². The van der Waals surface area contributed by atoms with Gasteiger partial charge in [-0.15, -0.1) is 0 Å². The highest BCUT2D eigenvalue weighted by molar-refractivity contribution is 7.98. The van der Waals surface area contributed by atoms with Crippen LogP contribution in [0, 0.1) is 17.8 Å². The predicted molar refractivity (Wildman–Crippen MR) is 57.7 cm³/mol. The van der Waals surface area contributed by atoms with E-state index < -0.39 is 5.51 Å². The van der Waals surface area contributed by atoms with Gasteiger partial charge in [0.15, 0.2) is 0 Å². The van der Waals surface area contributed by atoms with E-state index in [0.717, 1.165) is 19.3 Å². The monoisotopic (exact) mass is 251 g/mol. The predicted octanol–water partition coefficient (Wildman–Crippen LogP) is 3.71. The molecule has 0 aliphatic heterocycles. The topological polar surface area (TPSA) is 12.0 Å². The Balaban J connectivity index is 1.69. The van der Waals surface area contributed by atoms with Crippen molar-refractivity contribution in [3.8, 4) is 0 Å². The highest BCUT2D eigenvalue weighted by atomic mass is 32.2. The van der Waals surface area contributed by atoms with Crippen molar-refractivity contribution in [1.29, 1.82) is 0 Å². The summed E-state index contributed by atoms with van der Waals surface area (Å²) in [6.45, 7) is 0. The average molecular weight is 251 g/mol. The first kappa shape index (κ1) is 11.2. The summed E-state index contributed by atoms with van der Waals surface area (Å²) in [7, 11) is 0. The van der Waals surface area contributed by atoms with E-state index in [1.165, 1.54) is 19.3 Å². The molecule has 0 radical (unpaired) electrons. The summed E-state index contributed by atoms with van der Waals surface area (Å²) in [4.78, 5) is 0. The minimum Gasteiger partial charge on any atom is -0.250 e. The second-order valence-corrected chi connectivity index (χ2v) is 6.72. The first-order valence-corrected chi connectivity index (χ1v) is 6.78. The molecule has 0 saturated heterocycles. The summed E-state index contributed by atoms with van der Waals surface area (Å²) in [6, 6.07) is 0. The third-order valence-corrected chi connectivity index (χ3v) is 5.19. The summed E-state index contributed by atoms with van der Waals surface area (Å²) in [5.41, 5.74) is -4.35. The van der Waals surface area contributed by atoms with Crippen molar-refractivity contribution in [2.75, 3.05) is 0 Å². The first-order chi connectivity index (χ1) is 7.44. The number of rotatable bonds is 2. The maximum Gasteiger partial charge on any atom is 0.456 e. The molecule has 0 atom stereocenters. The Morgan fingerprint density at radius 3 is 1.75 bits per heavy atom. The minimum atomic E-state index is -4.15. The van der Waals surface area contributed by atoms with Gasteiger partial charge >= 0.3 is 5.51 Å². The molecule has 0 aromatic carbocycles. The van der Waals surface area contributed by atoms with E-state index >= 15 is 0 Å². The molecule has 0 heterocycles. The largest absolute Gasteiger partial charge is 0.456 e. The maximum atomic E-state index is 12.2. The second-order valence-electron chi connectivity index (χ2n) is 5.85. The normalized spacial score (nSPS) is 46.3. The third kappa shape index (κ3) is 2.08. The van der Waals surface area contributed by atoms with Gasteiger partial charge in [-0.1, -0.05) is 0 Å². The van der Waals surface area contributed by atoms with Crippen molar-refractivity contribution < 1.29 is 13.2 Å². The van der Waals surface area contributed by atoms with Gasteiger partial charge in [0.25, 0.3) is 0 Å². The zero-order chi connectivity index (χ0) is 11.4. The third-order valence-electron chi connectivity index (χ3n) is 4.42. The second kappa shape index (κ2) is 3.55. The highest BCUT2D eigenvalue weighted by Crippen LogP contribution is 2.56. The van der Waals surface area contributed by atoms with Crippen LogP contribution in [0.1, 0.15) is 38.5 Å². The van der Waals surface area contributed by atoms with Crippen LogP contribution < -0.4 is 4.72 Å². The van der Waals surface area contributed by atoms with Gasteiger partial charge < -0.3 is 0 Å². The lowest BCUT2D eigenvalue weighted by atomic mass is 9.53. The SMILES string of the molecule is FC(F)(F)SNC12CC3CC(CC(C3)C1)C2. The van der Waals surface area contributed by atoms with Crippen LogP contribution in [0.3, 0.4) is 0 Å². The molecule has 4 aliphatic rings. The fourth-order valence-electron chi connectivity index (χ4n) is 4.40. The Hall–Kier alpha value is 0.1000. The number of alkyl halides is 3. The van der Waals surface area contributed by atoms with E-state index in [0.29, 0.717) is 17.8 Å². The molecule has 4 fully saturated rings. The first-order valence-electron chi connectivity index (χ1n) is 5.96. The van der Waals surface area contributed by atoms with Gasteiger partial charge in [-0.2, -0.15) is 13.2 Å². The van der Waals surface area contributed by atoms with Gasteiger partial charge in [0.1, 0.15) is 0 Å². The standard InChI is InChI=1S/C11H16F3NS/c12-11(13,14)16-15-10-4-7-1-8(5-10)3-9(2-7)6-10/h7-9,15H,1-6H2. The van der Waals surface area contributed by atoms with Gasteiger partial charge in [-0.25, -0.2) is 0 Å². The average Bonchev–Trinajstić information content (AvgIpc) is 2.11. The van der Waals surface area contributed by atoms with Crippen molar-refractivity contribution in [3.05, 3.63) is 0 Å². The molecule has 0 unspecified atom stereocenters. The quantitative estimate of drug-likeness (QED) is 0.751. The fourth-order valence-corrected chi connectivity index (χ4v) is 4.98. The highest BCUT2D eigenvalue weighted by Gasteiger charge is 2.51. The molecular weight excluding hydrogens is 235 g/mol. The van der Waals surface area contributed by atoms with Gasteiger partial charge in [-0.05, 0) is 56.3 Å². The maximum absolute atomic E-state index is 12.2. The Kier molecular flexibility index (Phi) is 2.48. The van der Waals surface area contributed by atoms with E-state index in [9.17, 15) is 13.2 Å². The van der Waals surface area contributed by atoms with Crippen molar-refractivity contribution >= 4 is 11.9 Å². The summed E-state index contributed by atoms with van der Waals surface area (Å²) < 4.78 is 39.5. The van der Waals surface area contributed by atoms with Crippen LogP contribution in [-0.4, -0.2) is 11.0 Å². The molecule has 1 nitrogen and oxygen atoms in total. The molecule has 4 saturated carbocycles. The van der Waals surface area contributed by atoms with Gasteiger partial charge in [0, 0.05) is 17.5 Å². The van der Waals surface area contributed by atoms with E-state index in [-0.39, 0.29) is 17.5 Å². The van der Waals surface area contributed by atoms with E-state index in [1.54, 1.807) is 0 Å². The van der Waals surface area contributed by atoms with Gasteiger partial charge in [0.2, 0.25) is 0 Å². The smallest absolute Gasteiger partial charge is 0.250 e. The van der Waals surface area contributed by atoms with Gasteiger partial charge in [-0.3, -0.25) is 4.72 Å². The lowest BCUT2D eigenvalue weighted by molar-refractivity contribution is -0.0392. The van der Waals surface area contributed by atoms with E-state index in [2.05, 4.69) is 4.72 Å². The zero-order valence-corrected chi connectivity index (χ0v) is 9.83. The molecule has 5 heteroatoms. The number of hydrogen-bond acceptors (Lipinski definition) is 2.